The van der Waals surface area contributed by atoms with Crippen molar-refractivity contribution < 1.29 is 9.18 Å². The van der Waals surface area contributed by atoms with Crippen molar-refractivity contribution in [2.45, 2.75) is 6.42 Å². The molecule has 0 spiro atoms. The van der Waals surface area contributed by atoms with E-state index in [0.717, 1.165) is 0 Å². The molecular weight excluding hydrogens is 321 g/mol. The molecule has 0 bridgehead atoms. The van der Waals surface area contributed by atoms with Crippen LogP contribution in [0.25, 0.3) is 11.0 Å². The number of para-hydroxylation sites is 1. The largest absolute Gasteiger partial charge is 0.337 e. The van der Waals surface area contributed by atoms with Crippen LogP contribution in [0.2, 0.25) is 0 Å². The lowest BCUT2D eigenvalue weighted by Crippen LogP contribution is -2.30. The number of rotatable bonds is 4. The Kier molecular flexibility index (Phi) is 4.61. The Morgan fingerprint density at radius 1 is 1.32 bits per heavy atom. The third-order valence-corrected chi connectivity index (χ3v) is 3.84. The van der Waals surface area contributed by atoms with Gasteiger partial charge in [0.15, 0.2) is 5.82 Å². The normalized spacial score (nSPS) is 10.4. The van der Waals surface area contributed by atoms with E-state index in [9.17, 15) is 9.18 Å². The van der Waals surface area contributed by atoms with E-state index in [1.54, 1.807) is 36.4 Å². The zero-order valence-electron chi connectivity index (χ0n) is 13.6. The van der Waals surface area contributed by atoms with E-state index >= 15 is 0 Å². The molecule has 1 aromatic heterocycles. The van der Waals surface area contributed by atoms with E-state index in [1.807, 2.05) is 17.7 Å². The number of benzene rings is 2. The van der Waals surface area contributed by atoms with Gasteiger partial charge in [0.2, 0.25) is 0 Å². The average molecular weight is 337 g/mol. The fourth-order valence-corrected chi connectivity index (χ4v) is 2.58. The maximum Gasteiger partial charge on any atom is 0.319 e. The predicted octanol–water partition coefficient (Wildman–Crippen LogP) is 2.95. The maximum absolute atomic E-state index is 13.8. The molecule has 0 aliphatic rings. The van der Waals surface area contributed by atoms with Crippen LogP contribution in [0, 0.1) is 17.1 Å². The first kappa shape index (κ1) is 16.5. The number of amides is 2. The summed E-state index contributed by atoms with van der Waals surface area (Å²) in [5.74, 6) is 0.328. The summed E-state index contributed by atoms with van der Waals surface area (Å²) in [5.41, 5.74) is 2.06. The number of halogens is 1. The maximum atomic E-state index is 13.8. The Morgan fingerprint density at radius 3 is 2.88 bits per heavy atom. The van der Waals surface area contributed by atoms with Crippen molar-refractivity contribution in [1.82, 2.24) is 14.9 Å². The molecule has 0 aliphatic carbocycles. The number of nitrogens with one attached hydrogen (secondary N) is 2. The smallest absolute Gasteiger partial charge is 0.319 e. The Balaban J connectivity index is 1.59. The molecular formula is C18H16FN5O. The first-order valence-electron chi connectivity index (χ1n) is 7.73. The zero-order valence-corrected chi connectivity index (χ0v) is 13.6. The summed E-state index contributed by atoms with van der Waals surface area (Å²) in [7, 11) is 1.82. The second-order valence-corrected chi connectivity index (χ2v) is 5.52. The molecule has 3 rings (SSSR count). The average Bonchev–Trinajstić information content (AvgIpc) is 2.93. The molecule has 1 heterocycles. The van der Waals surface area contributed by atoms with Gasteiger partial charge in [0, 0.05) is 25.7 Å². The van der Waals surface area contributed by atoms with Crippen molar-refractivity contribution in [3.05, 3.63) is 59.7 Å². The van der Waals surface area contributed by atoms with Crippen molar-refractivity contribution in [1.29, 1.82) is 5.26 Å². The molecule has 6 nitrogen and oxygen atoms in total. The van der Waals surface area contributed by atoms with Crippen molar-refractivity contribution >= 4 is 22.8 Å². The van der Waals surface area contributed by atoms with E-state index in [1.165, 1.54) is 6.07 Å². The van der Waals surface area contributed by atoms with Crippen LogP contribution in [0.1, 0.15) is 11.4 Å². The van der Waals surface area contributed by atoms with Gasteiger partial charge >= 0.3 is 6.03 Å². The van der Waals surface area contributed by atoms with Gasteiger partial charge in [-0.3, -0.25) is 0 Å². The number of nitrogens with zero attached hydrogens (tertiary/aromatic N) is 3. The van der Waals surface area contributed by atoms with Crippen LogP contribution in [0.3, 0.4) is 0 Å². The first-order valence-corrected chi connectivity index (χ1v) is 7.73. The lowest BCUT2D eigenvalue weighted by molar-refractivity contribution is 0.252. The Labute approximate surface area is 143 Å². The van der Waals surface area contributed by atoms with Gasteiger partial charge < -0.3 is 15.2 Å². The van der Waals surface area contributed by atoms with Crippen molar-refractivity contribution in [3.63, 3.8) is 0 Å². The number of anilines is 1. The highest BCUT2D eigenvalue weighted by atomic mass is 19.1. The first-order chi connectivity index (χ1) is 12.1. The molecule has 25 heavy (non-hydrogen) atoms. The number of aryl methyl sites for hydroxylation is 1. The molecule has 0 saturated heterocycles. The van der Waals surface area contributed by atoms with E-state index in [-0.39, 0.29) is 11.8 Å². The van der Waals surface area contributed by atoms with Crippen LogP contribution >= 0.6 is 0 Å². The molecule has 0 atom stereocenters. The highest BCUT2D eigenvalue weighted by Gasteiger charge is 2.11. The number of carbonyl (C=O) groups is 1. The number of carbonyl (C=O) groups excluding carboxylic acids is 1. The predicted molar refractivity (Wildman–Crippen MR) is 92.6 cm³/mol. The van der Waals surface area contributed by atoms with Gasteiger partial charge in [-0.25, -0.2) is 14.2 Å². The minimum absolute atomic E-state index is 0.331. The molecule has 0 unspecified atom stereocenters. The SMILES string of the molecule is Cn1c(CCNC(=O)Nc2cccc(C#N)c2)nc2c(F)cccc21. The van der Waals surface area contributed by atoms with E-state index in [0.29, 0.717) is 41.1 Å². The quantitative estimate of drug-likeness (QED) is 0.768. The molecule has 2 amide bonds. The van der Waals surface area contributed by atoms with Crippen LogP contribution in [0.15, 0.2) is 42.5 Å². The van der Waals surface area contributed by atoms with Gasteiger partial charge in [-0.2, -0.15) is 5.26 Å². The fraction of sp³-hybridized carbons (Fsp3) is 0.167. The lowest BCUT2D eigenvalue weighted by Gasteiger charge is -2.08. The molecule has 2 N–H and O–H groups in total. The van der Waals surface area contributed by atoms with E-state index < -0.39 is 0 Å². The summed E-state index contributed by atoms with van der Waals surface area (Å²) in [5, 5.41) is 14.2. The highest BCUT2D eigenvalue weighted by Crippen LogP contribution is 2.18. The molecule has 126 valence electrons. The molecule has 0 fully saturated rings. The minimum atomic E-state index is -0.375. The van der Waals surface area contributed by atoms with Crippen molar-refractivity contribution in [2.75, 3.05) is 11.9 Å². The van der Waals surface area contributed by atoms with Gasteiger partial charge in [-0.15, -0.1) is 0 Å². The van der Waals surface area contributed by atoms with Crippen molar-refractivity contribution in [2.24, 2.45) is 7.05 Å². The lowest BCUT2D eigenvalue weighted by atomic mass is 10.2. The number of urea groups is 1. The molecule has 3 aromatic rings. The van der Waals surface area contributed by atoms with Crippen LogP contribution in [-0.4, -0.2) is 22.1 Å². The summed E-state index contributed by atoms with van der Waals surface area (Å²) in [6, 6.07) is 13.1. The number of nitriles is 1. The van der Waals surface area contributed by atoms with E-state index in [4.69, 9.17) is 5.26 Å². The summed E-state index contributed by atoms with van der Waals surface area (Å²) in [6.45, 7) is 0.350. The van der Waals surface area contributed by atoms with Crippen molar-refractivity contribution in [3.8, 4) is 6.07 Å². The second-order valence-electron chi connectivity index (χ2n) is 5.52. The standard InChI is InChI=1S/C18H16FN5O/c1-24-15-7-3-6-14(19)17(15)23-16(24)8-9-21-18(25)22-13-5-2-4-12(10-13)11-20/h2-7,10H,8-9H2,1H3,(H2,21,22,25). The number of hydrogen-bond acceptors (Lipinski definition) is 3. The number of imidazole rings is 1. The Hall–Kier alpha value is -3.40. The Bertz CT molecular complexity index is 973. The van der Waals surface area contributed by atoms with Gasteiger partial charge in [0.05, 0.1) is 17.1 Å². The number of fused-ring (bicyclic) bond motifs is 1. The third kappa shape index (κ3) is 3.58. The monoisotopic (exact) mass is 337 g/mol. The molecule has 2 aromatic carbocycles. The number of hydrogen-bond donors (Lipinski definition) is 2. The van der Waals surface area contributed by atoms with Crippen LogP contribution < -0.4 is 10.6 Å². The summed E-state index contributed by atoms with van der Waals surface area (Å²) < 4.78 is 15.6. The fourth-order valence-electron chi connectivity index (χ4n) is 2.58. The topological polar surface area (TPSA) is 82.7 Å². The Morgan fingerprint density at radius 2 is 2.12 bits per heavy atom. The van der Waals surface area contributed by atoms with Crippen LogP contribution in [0.4, 0.5) is 14.9 Å². The summed E-state index contributed by atoms with van der Waals surface area (Å²) in [6.07, 6.45) is 0.469. The summed E-state index contributed by atoms with van der Waals surface area (Å²) in [4.78, 5) is 16.2. The highest BCUT2D eigenvalue weighted by molar-refractivity contribution is 5.89. The summed E-state index contributed by atoms with van der Waals surface area (Å²) >= 11 is 0. The zero-order chi connectivity index (χ0) is 17.8. The van der Waals surface area contributed by atoms with Crippen LogP contribution in [-0.2, 0) is 13.5 Å². The molecule has 0 saturated carbocycles. The van der Waals surface area contributed by atoms with Gasteiger partial charge in [-0.1, -0.05) is 12.1 Å². The third-order valence-electron chi connectivity index (χ3n) is 3.84. The molecule has 0 radical (unpaired) electrons. The molecule has 0 aliphatic heterocycles. The van der Waals surface area contributed by atoms with E-state index in [2.05, 4.69) is 15.6 Å². The van der Waals surface area contributed by atoms with Gasteiger partial charge in [0.25, 0.3) is 0 Å². The number of aromatic nitrogens is 2. The van der Waals surface area contributed by atoms with Crippen LogP contribution in [0.5, 0.6) is 0 Å². The minimum Gasteiger partial charge on any atom is -0.337 e. The van der Waals surface area contributed by atoms with Gasteiger partial charge in [0.1, 0.15) is 11.3 Å². The molecule has 7 heteroatoms. The second kappa shape index (κ2) is 7.01. The van der Waals surface area contributed by atoms with Gasteiger partial charge in [-0.05, 0) is 30.3 Å².